The number of amides is 1. The summed E-state index contributed by atoms with van der Waals surface area (Å²) in [7, 11) is 0. The number of furan rings is 1. The van der Waals surface area contributed by atoms with Crippen LogP contribution in [0.1, 0.15) is 36.0 Å². The molecule has 0 saturated carbocycles. The molecule has 2 heterocycles. The van der Waals surface area contributed by atoms with Gasteiger partial charge in [0.25, 0.3) is 11.5 Å². The Labute approximate surface area is 139 Å². The molecule has 1 N–H and O–H groups in total. The molecule has 0 aliphatic heterocycles. The predicted octanol–water partition coefficient (Wildman–Crippen LogP) is 2.72. The second kappa shape index (κ2) is 7.12. The maximum Gasteiger partial charge on any atom is 0.274 e. The summed E-state index contributed by atoms with van der Waals surface area (Å²) in [5, 5.41) is 8.15. The molecule has 24 heavy (non-hydrogen) atoms. The van der Waals surface area contributed by atoms with E-state index >= 15 is 0 Å². The molecule has 3 aromatic rings. The van der Waals surface area contributed by atoms with Crippen LogP contribution < -0.4 is 10.9 Å². The molecule has 0 saturated heterocycles. The molecule has 0 aliphatic rings. The van der Waals surface area contributed by atoms with Crippen molar-refractivity contribution in [2.24, 2.45) is 0 Å². The smallest absolute Gasteiger partial charge is 0.274 e. The Morgan fingerprint density at radius 3 is 2.71 bits per heavy atom. The van der Waals surface area contributed by atoms with Crippen molar-refractivity contribution in [3.05, 3.63) is 64.5 Å². The van der Waals surface area contributed by atoms with Gasteiger partial charge in [-0.05, 0) is 24.6 Å². The summed E-state index contributed by atoms with van der Waals surface area (Å²) in [5.41, 5.74) is 0.0921. The highest BCUT2D eigenvalue weighted by Gasteiger charge is 2.16. The van der Waals surface area contributed by atoms with E-state index in [1.165, 1.54) is 4.68 Å². The molecule has 0 aliphatic carbocycles. The molecule has 1 amide bonds. The summed E-state index contributed by atoms with van der Waals surface area (Å²) in [6.07, 6.45) is 3.33. The van der Waals surface area contributed by atoms with Crippen molar-refractivity contribution in [2.75, 3.05) is 0 Å². The number of nitrogens with one attached hydrogen (secondary N) is 1. The highest BCUT2D eigenvalue weighted by molar-refractivity contribution is 6.04. The van der Waals surface area contributed by atoms with Gasteiger partial charge in [0.15, 0.2) is 5.69 Å². The molecule has 2 aromatic heterocycles. The summed E-state index contributed by atoms with van der Waals surface area (Å²) < 4.78 is 6.60. The zero-order valence-electron chi connectivity index (χ0n) is 13.5. The number of benzene rings is 1. The fraction of sp³-hybridized carbons (Fsp3) is 0.278. The highest BCUT2D eigenvalue weighted by Crippen LogP contribution is 2.13. The third-order valence-electron chi connectivity index (χ3n) is 3.81. The Hall–Kier alpha value is -2.89. The van der Waals surface area contributed by atoms with Crippen molar-refractivity contribution < 1.29 is 9.21 Å². The number of aryl methyl sites for hydroxylation is 1. The zero-order valence-corrected chi connectivity index (χ0v) is 13.5. The summed E-state index contributed by atoms with van der Waals surface area (Å²) >= 11 is 0. The van der Waals surface area contributed by atoms with Crippen molar-refractivity contribution in [2.45, 2.75) is 32.9 Å². The van der Waals surface area contributed by atoms with E-state index in [2.05, 4.69) is 10.4 Å². The molecule has 0 atom stereocenters. The van der Waals surface area contributed by atoms with Crippen LogP contribution in [0.3, 0.4) is 0 Å². The maximum absolute atomic E-state index is 12.6. The second-order valence-corrected chi connectivity index (χ2v) is 5.54. The van der Waals surface area contributed by atoms with E-state index in [0.717, 1.165) is 12.8 Å². The van der Waals surface area contributed by atoms with Gasteiger partial charge in [0.05, 0.1) is 18.2 Å². The second-order valence-electron chi connectivity index (χ2n) is 5.54. The van der Waals surface area contributed by atoms with Gasteiger partial charge in [0.2, 0.25) is 0 Å². The van der Waals surface area contributed by atoms with Crippen LogP contribution in [0.25, 0.3) is 10.8 Å². The van der Waals surface area contributed by atoms with Gasteiger partial charge >= 0.3 is 0 Å². The first kappa shape index (κ1) is 16.0. The molecule has 1 aromatic carbocycles. The molecular formula is C18H19N3O3. The number of nitrogens with zero attached hydrogens (tertiary/aromatic N) is 2. The van der Waals surface area contributed by atoms with E-state index in [4.69, 9.17) is 4.42 Å². The maximum atomic E-state index is 12.6. The summed E-state index contributed by atoms with van der Waals surface area (Å²) in [5.74, 6) is 0.333. The monoisotopic (exact) mass is 325 g/mol. The van der Waals surface area contributed by atoms with Crippen molar-refractivity contribution in [3.8, 4) is 0 Å². The van der Waals surface area contributed by atoms with Crippen LogP contribution in [-0.4, -0.2) is 15.7 Å². The number of fused-ring (bicyclic) bond motifs is 1. The normalized spacial score (nSPS) is 10.9. The molecule has 3 rings (SSSR count). The fourth-order valence-corrected chi connectivity index (χ4v) is 2.53. The van der Waals surface area contributed by atoms with E-state index in [1.54, 1.807) is 42.7 Å². The minimum absolute atomic E-state index is 0.165. The topological polar surface area (TPSA) is 77.1 Å². The Kier molecular flexibility index (Phi) is 4.74. The number of carbonyl (C=O) groups is 1. The molecule has 0 spiro atoms. The lowest BCUT2D eigenvalue weighted by Crippen LogP contribution is -2.30. The molecule has 124 valence electrons. The summed E-state index contributed by atoms with van der Waals surface area (Å²) in [6, 6.07) is 10.6. The van der Waals surface area contributed by atoms with Gasteiger partial charge in [0.1, 0.15) is 5.76 Å². The Bertz CT molecular complexity index is 898. The van der Waals surface area contributed by atoms with Crippen LogP contribution in [-0.2, 0) is 13.1 Å². The lowest BCUT2D eigenvalue weighted by atomic mass is 10.1. The van der Waals surface area contributed by atoms with Gasteiger partial charge < -0.3 is 9.73 Å². The van der Waals surface area contributed by atoms with E-state index < -0.39 is 0 Å². The van der Waals surface area contributed by atoms with Gasteiger partial charge in [-0.2, -0.15) is 5.10 Å². The molecule has 0 radical (unpaired) electrons. The van der Waals surface area contributed by atoms with Crippen LogP contribution in [0.2, 0.25) is 0 Å². The number of hydrogen-bond acceptors (Lipinski definition) is 4. The van der Waals surface area contributed by atoms with E-state index in [1.807, 2.05) is 6.92 Å². The van der Waals surface area contributed by atoms with E-state index in [0.29, 0.717) is 23.1 Å². The molecule has 0 unspecified atom stereocenters. The summed E-state index contributed by atoms with van der Waals surface area (Å²) in [4.78, 5) is 25.1. The van der Waals surface area contributed by atoms with Crippen LogP contribution in [0, 0.1) is 0 Å². The fourth-order valence-electron chi connectivity index (χ4n) is 2.53. The first-order chi connectivity index (χ1) is 11.7. The minimum atomic E-state index is -0.326. The highest BCUT2D eigenvalue weighted by atomic mass is 16.3. The minimum Gasteiger partial charge on any atom is -0.467 e. The van der Waals surface area contributed by atoms with E-state index in [-0.39, 0.29) is 23.7 Å². The Morgan fingerprint density at radius 1 is 1.21 bits per heavy atom. The van der Waals surface area contributed by atoms with Gasteiger partial charge in [-0.1, -0.05) is 31.5 Å². The van der Waals surface area contributed by atoms with Gasteiger partial charge in [-0.25, -0.2) is 4.68 Å². The SMILES string of the molecule is CCCCn1nc(C(=O)NCc2ccco2)c2ccccc2c1=O. The third-order valence-corrected chi connectivity index (χ3v) is 3.81. The van der Waals surface area contributed by atoms with Crippen LogP contribution >= 0.6 is 0 Å². The quantitative estimate of drug-likeness (QED) is 0.756. The van der Waals surface area contributed by atoms with Gasteiger partial charge in [-0.3, -0.25) is 9.59 Å². The molecule has 0 bridgehead atoms. The van der Waals surface area contributed by atoms with E-state index in [9.17, 15) is 9.59 Å². The standard InChI is InChI=1S/C18H19N3O3/c1-2-3-10-21-18(23)15-9-5-4-8-14(15)16(20-21)17(22)19-12-13-7-6-11-24-13/h4-9,11H,2-3,10,12H2,1H3,(H,19,22). The lowest BCUT2D eigenvalue weighted by Gasteiger charge is -2.10. The molecule has 0 fully saturated rings. The van der Waals surface area contributed by atoms with Crippen molar-refractivity contribution in [1.29, 1.82) is 0 Å². The Morgan fingerprint density at radius 2 is 2.00 bits per heavy atom. The number of hydrogen-bond donors (Lipinski definition) is 1. The van der Waals surface area contributed by atoms with Crippen molar-refractivity contribution in [3.63, 3.8) is 0 Å². The summed E-state index contributed by atoms with van der Waals surface area (Å²) in [6.45, 7) is 2.82. The van der Waals surface area contributed by atoms with Crippen LogP contribution in [0.4, 0.5) is 0 Å². The molecule has 6 heteroatoms. The number of rotatable bonds is 6. The number of aromatic nitrogens is 2. The predicted molar refractivity (Wildman–Crippen MR) is 90.8 cm³/mol. The lowest BCUT2D eigenvalue weighted by molar-refractivity contribution is 0.0942. The average molecular weight is 325 g/mol. The number of carbonyl (C=O) groups excluding carboxylic acids is 1. The van der Waals surface area contributed by atoms with Crippen molar-refractivity contribution >= 4 is 16.7 Å². The van der Waals surface area contributed by atoms with Gasteiger partial charge in [-0.15, -0.1) is 0 Å². The van der Waals surface area contributed by atoms with Crippen molar-refractivity contribution in [1.82, 2.24) is 15.1 Å². The molecule has 6 nitrogen and oxygen atoms in total. The first-order valence-electron chi connectivity index (χ1n) is 8.01. The van der Waals surface area contributed by atoms with Crippen LogP contribution in [0.15, 0.2) is 51.9 Å². The zero-order chi connectivity index (χ0) is 16.9. The largest absolute Gasteiger partial charge is 0.467 e. The van der Waals surface area contributed by atoms with Gasteiger partial charge in [0, 0.05) is 11.9 Å². The Balaban J connectivity index is 1.97. The number of unbranched alkanes of at least 4 members (excludes halogenated alkanes) is 1. The third kappa shape index (κ3) is 3.22. The molecular weight excluding hydrogens is 306 g/mol. The first-order valence-corrected chi connectivity index (χ1v) is 8.01. The van der Waals surface area contributed by atoms with Crippen LogP contribution in [0.5, 0.6) is 0 Å². The average Bonchev–Trinajstić information content (AvgIpc) is 3.13.